The van der Waals surface area contributed by atoms with Gasteiger partial charge in [-0.25, -0.2) is 0 Å². The first-order valence-corrected chi connectivity index (χ1v) is 7.96. The van der Waals surface area contributed by atoms with Gasteiger partial charge in [-0.05, 0) is 56.9 Å². The Morgan fingerprint density at radius 2 is 1.74 bits per heavy atom. The molecule has 0 aliphatic heterocycles. The van der Waals surface area contributed by atoms with Crippen LogP contribution in [0.5, 0.6) is 0 Å². The van der Waals surface area contributed by atoms with E-state index in [1.54, 1.807) is 0 Å². The molecular weight excluding hydrogens is 238 g/mol. The Bertz CT molecular complexity index is 298. The van der Waals surface area contributed by atoms with Gasteiger partial charge in [-0.15, -0.1) is 0 Å². The standard InChI is InChI=1S/C16H29NO2/c1-3-12-17-16(13-14(18)19-2)10-8-15(9-11-16)6-4-5-7-15/h17H,3-13H2,1-2H3. The topological polar surface area (TPSA) is 38.3 Å². The zero-order valence-electron chi connectivity index (χ0n) is 12.6. The zero-order chi connectivity index (χ0) is 13.8. The lowest BCUT2D eigenvalue weighted by molar-refractivity contribution is -0.143. The van der Waals surface area contributed by atoms with Gasteiger partial charge in [-0.2, -0.15) is 0 Å². The third-order valence-corrected chi connectivity index (χ3v) is 5.39. The summed E-state index contributed by atoms with van der Waals surface area (Å²) in [6, 6.07) is 0. The molecule has 0 heterocycles. The van der Waals surface area contributed by atoms with E-state index in [9.17, 15) is 4.79 Å². The van der Waals surface area contributed by atoms with Crippen LogP contribution in [0.25, 0.3) is 0 Å². The highest BCUT2D eigenvalue weighted by atomic mass is 16.5. The molecule has 2 aliphatic rings. The molecule has 0 atom stereocenters. The summed E-state index contributed by atoms with van der Waals surface area (Å²) in [6.07, 6.45) is 12.2. The number of carbonyl (C=O) groups is 1. The van der Waals surface area contributed by atoms with Crippen LogP contribution in [0.1, 0.15) is 71.1 Å². The summed E-state index contributed by atoms with van der Waals surface area (Å²) >= 11 is 0. The predicted octanol–water partition coefficient (Wildman–Crippen LogP) is 3.42. The van der Waals surface area contributed by atoms with E-state index in [1.807, 2.05) is 0 Å². The van der Waals surface area contributed by atoms with Crippen LogP contribution < -0.4 is 5.32 Å². The quantitative estimate of drug-likeness (QED) is 0.776. The van der Waals surface area contributed by atoms with Gasteiger partial charge in [0.15, 0.2) is 0 Å². The van der Waals surface area contributed by atoms with Crippen LogP contribution in [0.15, 0.2) is 0 Å². The van der Waals surface area contributed by atoms with Gasteiger partial charge in [0.2, 0.25) is 0 Å². The lowest BCUT2D eigenvalue weighted by Gasteiger charge is -2.45. The van der Waals surface area contributed by atoms with Crippen LogP contribution in [0.3, 0.4) is 0 Å². The molecule has 1 N–H and O–H groups in total. The smallest absolute Gasteiger partial charge is 0.307 e. The second kappa shape index (κ2) is 6.25. The minimum Gasteiger partial charge on any atom is -0.469 e. The molecule has 2 saturated carbocycles. The van der Waals surface area contributed by atoms with Crippen LogP contribution >= 0.6 is 0 Å². The molecule has 2 fully saturated rings. The normalized spacial score (nSPS) is 24.5. The molecule has 2 rings (SSSR count). The molecule has 3 nitrogen and oxygen atoms in total. The first kappa shape index (κ1) is 14.8. The molecule has 2 aliphatic carbocycles. The Morgan fingerprint density at radius 1 is 1.11 bits per heavy atom. The van der Waals surface area contributed by atoms with E-state index >= 15 is 0 Å². The minimum atomic E-state index is -0.0639. The van der Waals surface area contributed by atoms with Crippen LogP contribution in [-0.2, 0) is 9.53 Å². The van der Waals surface area contributed by atoms with Crippen molar-refractivity contribution in [3.8, 4) is 0 Å². The molecule has 19 heavy (non-hydrogen) atoms. The number of rotatable bonds is 5. The first-order chi connectivity index (χ1) is 9.14. The third kappa shape index (κ3) is 3.50. The summed E-state index contributed by atoms with van der Waals surface area (Å²) in [4.78, 5) is 11.7. The van der Waals surface area contributed by atoms with Gasteiger partial charge < -0.3 is 10.1 Å². The molecule has 1 spiro atoms. The maximum atomic E-state index is 11.7. The summed E-state index contributed by atoms with van der Waals surface area (Å²) in [5.41, 5.74) is 0.629. The number of hydrogen-bond donors (Lipinski definition) is 1. The van der Waals surface area contributed by atoms with Crippen molar-refractivity contribution in [1.82, 2.24) is 5.32 Å². The number of ether oxygens (including phenoxy) is 1. The van der Waals surface area contributed by atoms with Crippen molar-refractivity contribution >= 4 is 5.97 Å². The summed E-state index contributed by atoms with van der Waals surface area (Å²) < 4.78 is 4.90. The number of methoxy groups -OCH3 is 1. The Kier molecular flexibility index (Phi) is 4.88. The number of nitrogens with one attached hydrogen (secondary N) is 1. The van der Waals surface area contributed by atoms with Gasteiger partial charge >= 0.3 is 5.97 Å². The number of carbonyl (C=O) groups excluding carboxylic acids is 1. The van der Waals surface area contributed by atoms with Gasteiger partial charge in [0.05, 0.1) is 13.5 Å². The Labute approximate surface area is 117 Å². The van der Waals surface area contributed by atoms with E-state index in [1.165, 1.54) is 45.6 Å². The second-order valence-electron chi connectivity index (χ2n) is 6.67. The lowest BCUT2D eigenvalue weighted by Crippen LogP contribution is -2.51. The van der Waals surface area contributed by atoms with Gasteiger partial charge in [-0.1, -0.05) is 19.8 Å². The van der Waals surface area contributed by atoms with Gasteiger partial charge in [-0.3, -0.25) is 4.79 Å². The molecule has 0 unspecified atom stereocenters. The number of hydrogen-bond acceptors (Lipinski definition) is 3. The van der Waals surface area contributed by atoms with Crippen LogP contribution in [0.2, 0.25) is 0 Å². The molecular formula is C16H29NO2. The van der Waals surface area contributed by atoms with Crippen LogP contribution in [0.4, 0.5) is 0 Å². The third-order valence-electron chi connectivity index (χ3n) is 5.39. The van der Waals surface area contributed by atoms with Crippen molar-refractivity contribution in [2.45, 2.75) is 76.7 Å². The Morgan fingerprint density at radius 3 is 2.26 bits per heavy atom. The van der Waals surface area contributed by atoms with Crippen molar-refractivity contribution in [2.24, 2.45) is 5.41 Å². The monoisotopic (exact) mass is 267 g/mol. The van der Waals surface area contributed by atoms with Crippen molar-refractivity contribution in [1.29, 1.82) is 0 Å². The molecule has 0 aromatic carbocycles. The van der Waals surface area contributed by atoms with Crippen molar-refractivity contribution in [2.75, 3.05) is 13.7 Å². The van der Waals surface area contributed by atoms with Crippen molar-refractivity contribution < 1.29 is 9.53 Å². The highest BCUT2D eigenvalue weighted by Gasteiger charge is 2.44. The molecule has 0 saturated heterocycles. The molecule has 0 aromatic rings. The summed E-state index contributed by atoms with van der Waals surface area (Å²) in [6.45, 7) is 3.18. The summed E-state index contributed by atoms with van der Waals surface area (Å²) in [5, 5.41) is 3.66. The fourth-order valence-corrected chi connectivity index (χ4v) is 4.04. The van der Waals surface area contributed by atoms with E-state index in [4.69, 9.17) is 4.74 Å². The van der Waals surface area contributed by atoms with E-state index in [-0.39, 0.29) is 11.5 Å². The number of esters is 1. The van der Waals surface area contributed by atoms with Gasteiger partial charge in [0, 0.05) is 5.54 Å². The predicted molar refractivity (Wildman–Crippen MR) is 77.0 cm³/mol. The minimum absolute atomic E-state index is 0.0109. The fraction of sp³-hybridized carbons (Fsp3) is 0.938. The molecule has 0 aromatic heterocycles. The summed E-state index contributed by atoms with van der Waals surface area (Å²) in [7, 11) is 1.50. The first-order valence-electron chi connectivity index (χ1n) is 7.96. The second-order valence-corrected chi connectivity index (χ2v) is 6.67. The maximum Gasteiger partial charge on any atom is 0.307 e. The molecule has 0 bridgehead atoms. The van der Waals surface area contributed by atoms with Gasteiger partial charge in [0.25, 0.3) is 0 Å². The van der Waals surface area contributed by atoms with E-state index in [0.717, 1.165) is 25.8 Å². The molecule has 0 radical (unpaired) electrons. The SMILES string of the molecule is CCCNC1(CC(=O)OC)CCC2(CCCC2)CC1. The highest BCUT2D eigenvalue weighted by molar-refractivity contribution is 5.70. The molecule has 3 heteroatoms. The Hall–Kier alpha value is -0.570. The molecule has 0 amide bonds. The van der Waals surface area contributed by atoms with Gasteiger partial charge in [0.1, 0.15) is 0 Å². The largest absolute Gasteiger partial charge is 0.469 e. The van der Waals surface area contributed by atoms with E-state index in [0.29, 0.717) is 11.8 Å². The van der Waals surface area contributed by atoms with E-state index in [2.05, 4.69) is 12.2 Å². The van der Waals surface area contributed by atoms with Crippen molar-refractivity contribution in [3.05, 3.63) is 0 Å². The average Bonchev–Trinajstić information content (AvgIpc) is 2.89. The van der Waals surface area contributed by atoms with Crippen LogP contribution in [-0.4, -0.2) is 25.2 Å². The molecule has 110 valence electrons. The Balaban J connectivity index is 1.97. The summed E-state index contributed by atoms with van der Waals surface area (Å²) in [5.74, 6) is -0.0639. The lowest BCUT2D eigenvalue weighted by atomic mass is 9.65. The van der Waals surface area contributed by atoms with Crippen molar-refractivity contribution in [3.63, 3.8) is 0 Å². The fourth-order valence-electron chi connectivity index (χ4n) is 4.04. The highest BCUT2D eigenvalue weighted by Crippen LogP contribution is 2.51. The average molecular weight is 267 g/mol. The maximum absolute atomic E-state index is 11.7. The van der Waals surface area contributed by atoms with Crippen LogP contribution in [0, 0.1) is 5.41 Å². The van der Waals surface area contributed by atoms with E-state index < -0.39 is 0 Å². The zero-order valence-corrected chi connectivity index (χ0v) is 12.6.